The summed E-state index contributed by atoms with van der Waals surface area (Å²) in [5.74, 6) is -0.925. The van der Waals surface area contributed by atoms with E-state index in [-0.39, 0.29) is 11.9 Å². The van der Waals surface area contributed by atoms with Crippen molar-refractivity contribution in [2.45, 2.75) is 24.0 Å². The predicted molar refractivity (Wildman–Crippen MR) is 60.5 cm³/mol. The van der Waals surface area contributed by atoms with Crippen molar-refractivity contribution in [3.05, 3.63) is 29.3 Å². The highest BCUT2D eigenvalue weighted by Crippen LogP contribution is 2.29. The Kier molecular flexibility index (Phi) is 4.17. The van der Waals surface area contributed by atoms with Crippen molar-refractivity contribution < 1.29 is 15.0 Å². The van der Waals surface area contributed by atoms with Gasteiger partial charge in [0.05, 0.1) is 12.2 Å². The van der Waals surface area contributed by atoms with Crippen LogP contribution in [0.3, 0.4) is 0 Å². The van der Waals surface area contributed by atoms with Gasteiger partial charge in [-0.1, -0.05) is 19.1 Å². The van der Waals surface area contributed by atoms with Gasteiger partial charge in [0, 0.05) is 10.1 Å². The molecule has 15 heavy (non-hydrogen) atoms. The van der Waals surface area contributed by atoms with Gasteiger partial charge in [0.25, 0.3) is 0 Å². The van der Waals surface area contributed by atoms with Crippen molar-refractivity contribution in [1.82, 2.24) is 0 Å². The SMILES string of the molecule is Cc1cccc(C(=O)O)c1SC(C)CO. The molecule has 4 heteroatoms. The van der Waals surface area contributed by atoms with Gasteiger partial charge >= 0.3 is 5.97 Å². The molecular weight excluding hydrogens is 212 g/mol. The first-order chi connectivity index (χ1) is 7.06. The Balaban J connectivity index is 3.07. The highest BCUT2D eigenvalue weighted by Gasteiger charge is 2.14. The Labute approximate surface area is 93.1 Å². The third kappa shape index (κ3) is 2.97. The highest BCUT2D eigenvalue weighted by atomic mass is 32.2. The lowest BCUT2D eigenvalue weighted by atomic mass is 10.1. The average molecular weight is 226 g/mol. The molecule has 1 atom stereocenters. The molecule has 1 aromatic carbocycles. The van der Waals surface area contributed by atoms with Crippen LogP contribution in [0.4, 0.5) is 0 Å². The van der Waals surface area contributed by atoms with E-state index in [4.69, 9.17) is 10.2 Å². The lowest BCUT2D eigenvalue weighted by Gasteiger charge is -2.12. The van der Waals surface area contributed by atoms with Gasteiger partial charge in [0.1, 0.15) is 0 Å². The van der Waals surface area contributed by atoms with Crippen LogP contribution in [0.5, 0.6) is 0 Å². The maximum absolute atomic E-state index is 11.0. The molecule has 0 aliphatic heterocycles. The Morgan fingerprint density at radius 2 is 2.20 bits per heavy atom. The number of aromatic carboxylic acids is 1. The minimum atomic E-state index is -0.925. The molecule has 0 bridgehead atoms. The molecule has 0 radical (unpaired) electrons. The molecule has 3 nitrogen and oxygen atoms in total. The van der Waals surface area contributed by atoms with E-state index >= 15 is 0 Å². The maximum atomic E-state index is 11.0. The number of aliphatic hydroxyl groups is 1. The van der Waals surface area contributed by atoms with Crippen molar-refractivity contribution in [2.75, 3.05) is 6.61 Å². The van der Waals surface area contributed by atoms with Crippen LogP contribution in [-0.4, -0.2) is 28.0 Å². The smallest absolute Gasteiger partial charge is 0.336 e. The van der Waals surface area contributed by atoms with Gasteiger partial charge < -0.3 is 10.2 Å². The molecule has 0 spiro atoms. The summed E-state index contributed by atoms with van der Waals surface area (Å²) in [4.78, 5) is 11.7. The number of aliphatic hydroxyl groups excluding tert-OH is 1. The molecule has 1 rings (SSSR count). The first kappa shape index (κ1) is 12.1. The normalized spacial score (nSPS) is 12.5. The third-order valence-corrected chi connectivity index (χ3v) is 3.35. The van der Waals surface area contributed by atoms with Crippen molar-refractivity contribution in [3.8, 4) is 0 Å². The summed E-state index contributed by atoms with van der Waals surface area (Å²) in [5, 5.41) is 18.0. The molecular formula is C11H14O3S. The number of hydrogen-bond donors (Lipinski definition) is 2. The number of aryl methyl sites for hydroxylation is 1. The second kappa shape index (κ2) is 5.19. The predicted octanol–water partition coefficient (Wildman–Crippen LogP) is 2.17. The van der Waals surface area contributed by atoms with Crippen molar-refractivity contribution in [3.63, 3.8) is 0 Å². The molecule has 0 amide bonds. The molecule has 1 aromatic rings. The van der Waals surface area contributed by atoms with E-state index in [1.54, 1.807) is 12.1 Å². The minimum Gasteiger partial charge on any atom is -0.478 e. The zero-order valence-electron chi connectivity index (χ0n) is 8.73. The number of hydrogen-bond acceptors (Lipinski definition) is 3. The van der Waals surface area contributed by atoms with E-state index in [1.165, 1.54) is 11.8 Å². The quantitative estimate of drug-likeness (QED) is 0.772. The molecule has 2 N–H and O–H groups in total. The van der Waals surface area contributed by atoms with Gasteiger partial charge in [-0.3, -0.25) is 0 Å². The standard InChI is InChI=1S/C11H14O3S/c1-7-4-3-5-9(11(13)14)10(7)15-8(2)6-12/h3-5,8,12H,6H2,1-2H3,(H,13,14). The monoisotopic (exact) mass is 226 g/mol. The first-order valence-electron chi connectivity index (χ1n) is 4.66. The van der Waals surface area contributed by atoms with E-state index < -0.39 is 5.97 Å². The Hall–Kier alpha value is -1.00. The van der Waals surface area contributed by atoms with Crippen LogP contribution in [0, 0.1) is 6.92 Å². The molecule has 0 fully saturated rings. The van der Waals surface area contributed by atoms with Crippen LogP contribution < -0.4 is 0 Å². The first-order valence-corrected chi connectivity index (χ1v) is 5.54. The van der Waals surface area contributed by atoms with Crippen LogP contribution in [0.2, 0.25) is 0 Å². The summed E-state index contributed by atoms with van der Waals surface area (Å²) in [5.41, 5.74) is 1.24. The Morgan fingerprint density at radius 1 is 1.53 bits per heavy atom. The van der Waals surface area contributed by atoms with Crippen molar-refractivity contribution >= 4 is 17.7 Å². The van der Waals surface area contributed by atoms with Crippen LogP contribution in [0.15, 0.2) is 23.1 Å². The molecule has 0 heterocycles. The maximum Gasteiger partial charge on any atom is 0.336 e. The van der Waals surface area contributed by atoms with Gasteiger partial charge in [-0.15, -0.1) is 11.8 Å². The molecule has 0 aliphatic rings. The van der Waals surface area contributed by atoms with Gasteiger partial charge in [0.2, 0.25) is 0 Å². The van der Waals surface area contributed by atoms with Crippen molar-refractivity contribution in [1.29, 1.82) is 0 Å². The second-order valence-corrected chi connectivity index (χ2v) is 4.82. The number of benzene rings is 1. The molecule has 0 aliphatic carbocycles. The van der Waals surface area contributed by atoms with Crippen molar-refractivity contribution in [2.24, 2.45) is 0 Å². The fourth-order valence-corrected chi connectivity index (χ4v) is 2.23. The van der Waals surface area contributed by atoms with E-state index in [1.807, 2.05) is 19.9 Å². The number of carboxylic acid groups (broad SMARTS) is 1. The molecule has 0 saturated heterocycles. The van der Waals surface area contributed by atoms with Gasteiger partial charge in [-0.2, -0.15) is 0 Å². The van der Waals surface area contributed by atoms with E-state index in [0.29, 0.717) is 5.56 Å². The van der Waals surface area contributed by atoms with Crippen LogP contribution in [0.25, 0.3) is 0 Å². The van der Waals surface area contributed by atoms with Crippen LogP contribution in [0.1, 0.15) is 22.8 Å². The summed E-state index contributed by atoms with van der Waals surface area (Å²) in [6.45, 7) is 3.78. The van der Waals surface area contributed by atoms with Crippen LogP contribution >= 0.6 is 11.8 Å². The van der Waals surface area contributed by atoms with Gasteiger partial charge in [-0.25, -0.2) is 4.79 Å². The average Bonchev–Trinajstić information content (AvgIpc) is 2.20. The van der Waals surface area contributed by atoms with Gasteiger partial charge in [-0.05, 0) is 18.6 Å². The number of carboxylic acids is 1. The number of thioether (sulfide) groups is 1. The molecule has 82 valence electrons. The second-order valence-electron chi connectivity index (χ2n) is 3.37. The summed E-state index contributed by atoms with van der Waals surface area (Å²) in [7, 11) is 0. The Morgan fingerprint density at radius 3 is 2.73 bits per heavy atom. The number of rotatable bonds is 4. The Bertz CT molecular complexity index is 363. The molecule has 1 unspecified atom stereocenters. The highest BCUT2D eigenvalue weighted by molar-refractivity contribution is 8.00. The number of carbonyl (C=O) groups is 1. The summed E-state index contributed by atoms with van der Waals surface area (Å²) >= 11 is 1.39. The van der Waals surface area contributed by atoms with E-state index in [9.17, 15) is 4.79 Å². The summed E-state index contributed by atoms with van der Waals surface area (Å²) in [6, 6.07) is 5.19. The zero-order chi connectivity index (χ0) is 11.4. The minimum absolute atomic E-state index is 0.00389. The fraction of sp³-hybridized carbons (Fsp3) is 0.364. The van der Waals surface area contributed by atoms with Crippen LogP contribution in [-0.2, 0) is 0 Å². The van der Waals surface area contributed by atoms with E-state index in [2.05, 4.69) is 0 Å². The molecule has 0 saturated carbocycles. The largest absolute Gasteiger partial charge is 0.478 e. The summed E-state index contributed by atoms with van der Waals surface area (Å²) in [6.07, 6.45) is 0. The molecule has 0 aromatic heterocycles. The summed E-state index contributed by atoms with van der Waals surface area (Å²) < 4.78 is 0. The lowest BCUT2D eigenvalue weighted by Crippen LogP contribution is -2.06. The van der Waals surface area contributed by atoms with E-state index in [0.717, 1.165) is 10.5 Å². The third-order valence-electron chi connectivity index (χ3n) is 2.02. The van der Waals surface area contributed by atoms with Gasteiger partial charge in [0.15, 0.2) is 0 Å². The fourth-order valence-electron chi connectivity index (χ4n) is 1.22. The zero-order valence-corrected chi connectivity index (χ0v) is 9.54. The lowest BCUT2D eigenvalue weighted by molar-refractivity contribution is 0.0693. The topological polar surface area (TPSA) is 57.5 Å².